The molecule has 1 aromatic carbocycles. The highest BCUT2D eigenvalue weighted by atomic mass is 31.2. The van der Waals surface area contributed by atoms with Gasteiger partial charge in [-0.1, -0.05) is 12.1 Å². The van der Waals surface area contributed by atoms with E-state index in [4.69, 9.17) is 13.6 Å². The molecule has 124 valence electrons. The van der Waals surface area contributed by atoms with Gasteiger partial charge in [0.1, 0.15) is 6.04 Å². The van der Waals surface area contributed by atoms with Crippen LogP contribution >= 0.6 is 7.82 Å². The Morgan fingerprint density at radius 3 is 2.65 bits per heavy atom. The standard InChI is InChI=1S/C15H19N2O5P/c1-3-20-23(19,21-4-2)22-15-13-9-10-14(18)17(13)12-8-6-5-7-11(12)16-15/h5-8,13H,3-4,9-10H2,1-2H3. The molecule has 7 nitrogen and oxygen atoms in total. The summed E-state index contributed by atoms with van der Waals surface area (Å²) >= 11 is 0. The van der Waals surface area contributed by atoms with Crippen LogP contribution in [0.25, 0.3) is 0 Å². The maximum absolute atomic E-state index is 12.6. The number of hydrogen-bond donors (Lipinski definition) is 0. The Labute approximate surface area is 134 Å². The van der Waals surface area contributed by atoms with Crippen molar-refractivity contribution in [2.75, 3.05) is 18.1 Å². The van der Waals surface area contributed by atoms with E-state index in [1.807, 2.05) is 18.2 Å². The van der Waals surface area contributed by atoms with Crippen LogP contribution < -0.4 is 4.90 Å². The zero-order valence-corrected chi connectivity index (χ0v) is 14.0. The molecule has 0 aliphatic carbocycles. The minimum atomic E-state index is -3.74. The van der Waals surface area contributed by atoms with Crippen molar-refractivity contribution in [1.82, 2.24) is 0 Å². The molecular formula is C15H19N2O5P. The van der Waals surface area contributed by atoms with Crippen molar-refractivity contribution in [1.29, 1.82) is 0 Å². The summed E-state index contributed by atoms with van der Waals surface area (Å²) in [4.78, 5) is 18.3. The Hall–Kier alpha value is -1.69. The van der Waals surface area contributed by atoms with Crippen LogP contribution in [0.5, 0.6) is 0 Å². The van der Waals surface area contributed by atoms with Gasteiger partial charge in [-0.2, -0.15) is 0 Å². The average Bonchev–Trinajstić information content (AvgIpc) is 2.90. The number of carbonyl (C=O) groups excluding carboxylic acids is 1. The number of fused-ring (bicyclic) bond motifs is 3. The zero-order chi connectivity index (χ0) is 16.4. The lowest BCUT2D eigenvalue weighted by Crippen LogP contribution is -2.41. The first-order valence-corrected chi connectivity index (χ1v) is 9.12. The van der Waals surface area contributed by atoms with E-state index in [1.165, 1.54) is 0 Å². The van der Waals surface area contributed by atoms with Crippen molar-refractivity contribution < 1.29 is 22.9 Å². The van der Waals surface area contributed by atoms with Gasteiger partial charge in [-0.3, -0.25) is 18.7 Å². The Kier molecular flexibility index (Phi) is 4.53. The van der Waals surface area contributed by atoms with Gasteiger partial charge >= 0.3 is 7.82 Å². The van der Waals surface area contributed by atoms with E-state index < -0.39 is 7.82 Å². The first-order valence-electron chi connectivity index (χ1n) is 7.66. The third-order valence-electron chi connectivity index (χ3n) is 3.65. The molecule has 0 radical (unpaired) electrons. The lowest BCUT2D eigenvalue weighted by atomic mass is 10.1. The van der Waals surface area contributed by atoms with E-state index >= 15 is 0 Å². The van der Waals surface area contributed by atoms with Crippen molar-refractivity contribution in [3.63, 3.8) is 0 Å². The van der Waals surface area contributed by atoms with E-state index in [-0.39, 0.29) is 31.1 Å². The molecule has 0 spiro atoms. The Bertz CT molecular complexity index is 680. The maximum Gasteiger partial charge on any atom is 0.531 e. The minimum absolute atomic E-state index is 0.00102. The highest BCUT2D eigenvalue weighted by Crippen LogP contribution is 2.52. The molecule has 2 heterocycles. The van der Waals surface area contributed by atoms with Gasteiger partial charge in [0.2, 0.25) is 11.8 Å². The highest BCUT2D eigenvalue weighted by Gasteiger charge is 2.43. The topological polar surface area (TPSA) is 77.4 Å². The fourth-order valence-corrected chi connectivity index (χ4v) is 3.98. The second-order valence-corrected chi connectivity index (χ2v) is 6.72. The van der Waals surface area contributed by atoms with Gasteiger partial charge in [-0.05, 0) is 32.4 Å². The summed E-state index contributed by atoms with van der Waals surface area (Å²) in [5.41, 5.74) is 1.35. The number of benzene rings is 1. The second-order valence-electron chi connectivity index (χ2n) is 5.13. The van der Waals surface area contributed by atoms with E-state index in [9.17, 15) is 9.36 Å². The van der Waals surface area contributed by atoms with Crippen LogP contribution in [0.3, 0.4) is 0 Å². The number of aliphatic imine (C=N–C) groups is 1. The molecule has 0 N–H and O–H groups in total. The van der Waals surface area contributed by atoms with Gasteiger partial charge < -0.3 is 4.52 Å². The van der Waals surface area contributed by atoms with Crippen LogP contribution in [0, 0.1) is 0 Å². The predicted molar refractivity (Wildman–Crippen MR) is 86.0 cm³/mol. The molecule has 0 aromatic heterocycles. The summed E-state index contributed by atoms with van der Waals surface area (Å²) < 4.78 is 28.5. The third-order valence-corrected chi connectivity index (χ3v) is 5.21. The fourth-order valence-electron chi connectivity index (χ4n) is 2.78. The molecule has 8 heteroatoms. The number of hydrogen-bond acceptors (Lipinski definition) is 6. The largest absolute Gasteiger partial charge is 0.531 e. The predicted octanol–water partition coefficient (Wildman–Crippen LogP) is 3.42. The molecule has 1 amide bonds. The Morgan fingerprint density at radius 1 is 1.26 bits per heavy atom. The smallest absolute Gasteiger partial charge is 0.387 e. The third kappa shape index (κ3) is 3.04. The molecule has 1 atom stereocenters. The monoisotopic (exact) mass is 338 g/mol. The molecule has 0 bridgehead atoms. The summed E-state index contributed by atoms with van der Waals surface area (Å²) in [5, 5.41) is 0. The molecule has 1 unspecified atom stereocenters. The molecule has 2 aliphatic heterocycles. The fraction of sp³-hybridized carbons (Fsp3) is 0.467. The van der Waals surface area contributed by atoms with Crippen molar-refractivity contribution in [2.45, 2.75) is 32.7 Å². The number of phosphoric acid groups is 1. The number of nitrogens with zero attached hydrogens (tertiary/aromatic N) is 2. The molecule has 1 aromatic rings. The SMILES string of the molecule is CCOP(=O)(OCC)OC1=Nc2ccccc2N2C(=O)CCC12. The Balaban J connectivity index is 1.97. The highest BCUT2D eigenvalue weighted by molar-refractivity contribution is 7.49. The van der Waals surface area contributed by atoms with Gasteiger partial charge in [-0.15, -0.1) is 0 Å². The van der Waals surface area contributed by atoms with Crippen LogP contribution in [-0.4, -0.2) is 31.1 Å². The van der Waals surface area contributed by atoms with Crippen LogP contribution in [0.1, 0.15) is 26.7 Å². The number of rotatable bonds is 5. The van der Waals surface area contributed by atoms with Crippen LogP contribution in [-0.2, 0) is 22.9 Å². The molecular weight excluding hydrogens is 319 g/mol. The summed E-state index contributed by atoms with van der Waals surface area (Å²) in [7, 11) is -3.74. The van der Waals surface area contributed by atoms with Gasteiger partial charge in [0, 0.05) is 6.42 Å². The first-order chi connectivity index (χ1) is 11.1. The normalized spacial score (nSPS) is 20.1. The lowest BCUT2D eigenvalue weighted by Gasteiger charge is -2.31. The van der Waals surface area contributed by atoms with E-state index in [0.29, 0.717) is 18.5 Å². The summed E-state index contributed by atoms with van der Waals surface area (Å²) in [6.07, 6.45) is 0.958. The first kappa shape index (κ1) is 16.2. The summed E-state index contributed by atoms with van der Waals surface area (Å²) in [6.45, 7) is 3.79. The maximum atomic E-state index is 12.6. The van der Waals surface area contributed by atoms with Crippen molar-refractivity contribution >= 4 is 31.0 Å². The van der Waals surface area contributed by atoms with Crippen molar-refractivity contribution in [3.8, 4) is 0 Å². The average molecular weight is 338 g/mol. The number of phosphoric ester groups is 1. The number of anilines is 1. The quantitative estimate of drug-likeness (QED) is 0.769. The number of para-hydroxylation sites is 2. The van der Waals surface area contributed by atoms with Crippen LogP contribution in [0.4, 0.5) is 11.4 Å². The molecule has 0 saturated carbocycles. The van der Waals surface area contributed by atoms with Crippen molar-refractivity contribution in [3.05, 3.63) is 24.3 Å². The molecule has 23 heavy (non-hydrogen) atoms. The van der Waals surface area contributed by atoms with Crippen LogP contribution in [0.2, 0.25) is 0 Å². The molecule has 1 fully saturated rings. The van der Waals surface area contributed by atoms with Gasteiger partial charge in [0.25, 0.3) is 0 Å². The van der Waals surface area contributed by atoms with Crippen LogP contribution in [0.15, 0.2) is 29.3 Å². The molecule has 3 rings (SSSR count). The zero-order valence-electron chi connectivity index (χ0n) is 13.1. The van der Waals surface area contributed by atoms with Gasteiger partial charge in [0.15, 0.2) is 0 Å². The van der Waals surface area contributed by atoms with E-state index in [2.05, 4.69) is 4.99 Å². The van der Waals surface area contributed by atoms with E-state index in [0.717, 1.165) is 5.69 Å². The van der Waals surface area contributed by atoms with E-state index in [1.54, 1.807) is 24.8 Å². The molecule has 1 saturated heterocycles. The Morgan fingerprint density at radius 2 is 1.96 bits per heavy atom. The lowest BCUT2D eigenvalue weighted by molar-refractivity contribution is -0.117. The summed E-state index contributed by atoms with van der Waals surface area (Å²) in [5.74, 6) is 0.209. The van der Waals surface area contributed by atoms with Gasteiger partial charge in [0.05, 0.1) is 24.6 Å². The number of amides is 1. The van der Waals surface area contributed by atoms with Crippen molar-refractivity contribution in [2.24, 2.45) is 4.99 Å². The minimum Gasteiger partial charge on any atom is -0.387 e. The molecule has 2 aliphatic rings. The summed E-state index contributed by atoms with van der Waals surface area (Å²) in [6, 6.07) is 6.94. The van der Waals surface area contributed by atoms with Gasteiger partial charge in [-0.25, -0.2) is 9.56 Å². The number of carbonyl (C=O) groups is 1. The second kappa shape index (κ2) is 6.43.